The quantitative estimate of drug-likeness (QED) is 0.459. The van der Waals surface area contributed by atoms with Gasteiger partial charge in [-0.15, -0.1) is 0 Å². The van der Waals surface area contributed by atoms with Crippen LogP contribution >= 0.6 is 0 Å². The van der Waals surface area contributed by atoms with Gasteiger partial charge in [-0.1, -0.05) is 18.2 Å². The van der Waals surface area contributed by atoms with Gasteiger partial charge in [-0.05, 0) is 19.4 Å². The molecule has 0 aromatic carbocycles. The number of hydrogen-bond acceptors (Lipinski definition) is 2. The van der Waals surface area contributed by atoms with E-state index in [1.54, 1.807) is 0 Å². The number of allylic oxidation sites excluding steroid dienone is 1. The summed E-state index contributed by atoms with van der Waals surface area (Å²) in [5.41, 5.74) is 1.91. The fourth-order valence-corrected chi connectivity index (χ4v) is 0.632. The van der Waals surface area contributed by atoms with Crippen LogP contribution in [-0.2, 0) is 9.53 Å². The molecule has 0 saturated carbocycles. The van der Waals surface area contributed by atoms with E-state index in [1.807, 2.05) is 19.9 Å². The fraction of sp³-hybridized carbons (Fsp3) is 0.444. The van der Waals surface area contributed by atoms with Crippen molar-refractivity contribution in [3.8, 4) is 0 Å². The molecular formula is C9H14O2. The summed E-state index contributed by atoms with van der Waals surface area (Å²) in [6.07, 6.45) is 1.89. The molecule has 0 aliphatic carbocycles. The van der Waals surface area contributed by atoms with Crippen LogP contribution in [0.2, 0.25) is 0 Å². The van der Waals surface area contributed by atoms with Gasteiger partial charge in [0.25, 0.3) is 0 Å². The van der Waals surface area contributed by atoms with Crippen LogP contribution in [0.3, 0.4) is 0 Å². The highest BCUT2D eigenvalue weighted by atomic mass is 16.5. The van der Waals surface area contributed by atoms with E-state index in [1.165, 1.54) is 6.92 Å². The molecule has 11 heavy (non-hydrogen) atoms. The summed E-state index contributed by atoms with van der Waals surface area (Å²) < 4.78 is 4.79. The standard InChI is InChI=1S/C9H14O2/c1-5-9(7(2)3)6-11-8(4)10/h5H,2,6H2,1,3-4H3/b9-5+. The summed E-state index contributed by atoms with van der Waals surface area (Å²) in [6.45, 7) is 9.26. The highest BCUT2D eigenvalue weighted by molar-refractivity contribution is 5.66. The molecule has 2 nitrogen and oxygen atoms in total. The van der Waals surface area contributed by atoms with Crippen molar-refractivity contribution in [1.29, 1.82) is 0 Å². The van der Waals surface area contributed by atoms with E-state index in [-0.39, 0.29) is 5.97 Å². The van der Waals surface area contributed by atoms with Crippen LogP contribution in [0, 0.1) is 0 Å². The van der Waals surface area contributed by atoms with E-state index in [0.717, 1.165) is 11.1 Å². The predicted molar refractivity (Wildman–Crippen MR) is 45.2 cm³/mol. The Morgan fingerprint density at radius 2 is 2.09 bits per heavy atom. The zero-order chi connectivity index (χ0) is 8.85. The molecule has 0 radical (unpaired) electrons. The van der Waals surface area contributed by atoms with Gasteiger partial charge < -0.3 is 4.74 Å². The minimum Gasteiger partial charge on any atom is -0.461 e. The topological polar surface area (TPSA) is 26.3 Å². The molecule has 0 atom stereocenters. The lowest BCUT2D eigenvalue weighted by molar-refractivity contribution is -0.139. The van der Waals surface area contributed by atoms with Gasteiger partial charge in [0.05, 0.1) is 0 Å². The van der Waals surface area contributed by atoms with Gasteiger partial charge in [0, 0.05) is 6.92 Å². The first-order valence-electron chi connectivity index (χ1n) is 3.52. The van der Waals surface area contributed by atoms with Crippen LogP contribution in [0.5, 0.6) is 0 Å². The lowest BCUT2D eigenvalue weighted by atomic mass is 10.1. The molecule has 0 aromatic heterocycles. The molecule has 0 saturated heterocycles. The minimum atomic E-state index is -0.259. The largest absolute Gasteiger partial charge is 0.461 e. The number of rotatable bonds is 3. The first kappa shape index (κ1) is 9.95. The summed E-state index contributed by atoms with van der Waals surface area (Å²) in [7, 11) is 0. The molecule has 0 amide bonds. The van der Waals surface area contributed by atoms with Gasteiger partial charge in [-0.3, -0.25) is 4.79 Å². The third-order valence-electron chi connectivity index (χ3n) is 1.33. The molecule has 0 heterocycles. The average Bonchev–Trinajstić information content (AvgIpc) is 1.87. The molecular weight excluding hydrogens is 140 g/mol. The van der Waals surface area contributed by atoms with Crippen molar-refractivity contribution >= 4 is 5.97 Å². The molecule has 0 rings (SSSR count). The Balaban J connectivity index is 3.92. The maximum atomic E-state index is 10.4. The zero-order valence-corrected chi connectivity index (χ0v) is 7.31. The van der Waals surface area contributed by atoms with Crippen molar-refractivity contribution in [3.63, 3.8) is 0 Å². The van der Waals surface area contributed by atoms with Gasteiger partial charge >= 0.3 is 5.97 Å². The SMILES string of the molecule is C=C(C)/C(=C/C)COC(C)=O. The van der Waals surface area contributed by atoms with Crippen molar-refractivity contribution in [2.75, 3.05) is 6.61 Å². The molecule has 2 heteroatoms. The second-order valence-electron chi connectivity index (χ2n) is 2.37. The first-order valence-corrected chi connectivity index (χ1v) is 3.52. The van der Waals surface area contributed by atoms with Gasteiger partial charge in [-0.2, -0.15) is 0 Å². The molecule has 0 spiro atoms. The molecule has 0 fully saturated rings. The molecule has 62 valence electrons. The second kappa shape index (κ2) is 4.72. The van der Waals surface area contributed by atoms with Crippen molar-refractivity contribution in [2.24, 2.45) is 0 Å². The molecule has 0 N–H and O–H groups in total. The van der Waals surface area contributed by atoms with Gasteiger partial charge in [0.2, 0.25) is 0 Å². The lowest BCUT2D eigenvalue weighted by Crippen LogP contribution is -2.03. The van der Waals surface area contributed by atoms with Crippen LogP contribution in [-0.4, -0.2) is 12.6 Å². The number of carbonyl (C=O) groups is 1. The van der Waals surface area contributed by atoms with E-state index in [4.69, 9.17) is 4.74 Å². The van der Waals surface area contributed by atoms with Gasteiger partial charge in [0.1, 0.15) is 6.61 Å². The Morgan fingerprint density at radius 1 is 1.55 bits per heavy atom. The number of esters is 1. The Morgan fingerprint density at radius 3 is 2.36 bits per heavy atom. The fourth-order valence-electron chi connectivity index (χ4n) is 0.632. The Labute approximate surface area is 67.6 Å². The maximum absolute atomic E-state index is 10.4. The van der Waals surface area contributed by atoms with Crippen LogP contribution in [0.15, 0.2) is 23.8 Å². The van der Waals surface area contributed by atoms with Crippen molar-refractivity contribution in [1.82, 2.24) is 0 Å². The van der Waals surface area contributed by atoms with Crippen LogP contribution in [0.1, 0.15) is 20.8 Å². The van der Waals surface area contributed by atoms with Crippen molar-refractivity contribution in [2.45, 2.75) is 20.8 Å². The second-order valence-corrected chi connectivity index (χ2v) is 2.37. The Hall–Kier alpha value is -1.05. The molecule has 0 aromatic rings. The predicted octanol–water partition coefficient (Wildman–Crippen LogP) is 2.07. The van der Waals surface area contributed by atoms with E-state index >= 15 is 0 Å². The van der Waals surface area contributed by atoms with Crippen LogP contribution in [0.4, 0.5) is 0 Å². The number of carbonyl (C=O) groups excluding carboxylic acids is 1. The number of ether oxygens (including phenoxy) is 1. The number of hydrogen-bond donors (Lipinski definition) is 0. The molecule has 0 aliphatic heterocycles. The summed E-state index contributed by atoms with van der Waals surface area (Å²) in [5.74, 6) is -0.259. The molecule has 0 unspecified atom stereocenters. The Kier molecular flexibility index (Phi) is 4.27. The van der Waals surface area contributed by atoms with Crippen molar-refractivity contribution < 1.29 is 9.53 Å². The normalized spacial score (nSPS) is 11.0. The highest BCUT2D eigenvalue weighted by Gasteiger charge is 1.98. The zero-order valence-electron chi connectivity index (χ0n) is 7.31. The highest BCUT2D eigenvalue weighted by Crippen LogP contribution is 2.06. The third-order valence-corrected chi connectivity index (χ3v) is 1.33. The maximum Gasteiger partial charge on any atom is 0.302 e. The Bertz CT molecular complexity index is 190. The molecule has 0 bridgehead atoms. The summed E-state index contributed by atoms with van der Waals surface area (Å²) in [4.78, 5) is 10.4. The smallest absolute Gasteiger partial charge is 0.302 e. The lowest BCUT2D eigenvalue weighted by Gasteiger charge is -2.05. The van der Waals surface area contributed by atoms with Gasteiger partial charge in [-0.25, -0.2) is 0 Å². The third kappa shape index (κ3) is 4.37. The minimum absolute atomic E-state index is 0.259. The van der Waals surface area contributed by atoms with E-state index < -0.39 is 0 Å². The van der Waals surface area contributed by atoms with Crippen LogP contribution < -0.4 is 0 Å². The molecule has 0 aliphatic rings. The van der Waals surface area contributed by atoms with E-state index in [2.05, 4.69) is 6.58 Å². The van der Waals surface area contributed by atoms with Gasteiger partial charge in [0.15, 0.2) is 0 Å². The van der Waals surface area contributed by atoms with E-state index in [0.29, 0.717) is 6.61 Å². The monoisotopic (exact) mass is 154 g/mol. The first-order chi connectivity index (χ1) is 5.07. The summed E-state index contributed by atoms with van der Waals surface area (Å²) >= 11 is 0. The van der Waals surface area contributed by atoms with E-state index in [9.17, 15) is 4.79 Å². The summed E-state index contributed by atoms with van der Waals surface area (Å²) in [5, 5.41) is 0. The average molecular weight is 154 g/mol. The van der Waals surface area contributed by atoms with Crippen molar-refractivity contribution in [3.05, 3.63) is 23.8 Å². The summed E-state index contributed by atoms with van der Waals surface area (Å²) in [6, 6.07) is 0. The van der Waals surface area contributed by atoms with Crippen LogP contribution in [0.25, 0.3) is 0 Å².